The number of nitrogens with zero attached hydrogens (tertiary/aromatic N) is 1. The Bertz CT molecular complexity index is 1280. The lowest BCUT2D eigenvalue weighted by atomic mass is 10.1. The quantitative estimate of drug-likeness (QED) is 0.447. The molecule has 0 saturated heterocycles. The SMILES string of the molecule is CS(=O)(=O)N(Cc1ccc(C(=O)NCCOc2ccccc2Cl)cc1)c1ccc2c(c1)OCO2. The van der Waals surface area contributed by atoms with Crippen LogP contribution in [-0.2, 0) is 16.6 Å². The Kier molecular flexibility index (Phi) is 7.14. The zero-order valence-electron chi connectivity index (χ0n) is 18.4. The van der Waals surface area contributed by atoms with E-state index in [1.807, 2.05) is 12.1 Å². The molecule has 0 aliphatic carbocycles. The van der Waals surface area contributed by atoms with Crippen molar-refractivity contribution >= 4 is 33.2 Å². The van der Waals surface area contributed by atoms with Gasteiger partial charge in [-0.25, -0.2) is 8.42 Å². The summed E-state index contributed by atoms with van der Waals surface area (Å²) in [4.78, 5) is 12.4. The fourth-order valence-corrected chi connectivity index (χ4v) is 4.43. The summed E-state index contributed by atoms with van der Waals surface area (Å²) < 4.78 is 42.4. The van der Waals surface area contributed by atoms with E-state index in [1.165, 1.54) is 4.31 Å². The number of fused-ring (bicyclic) bond motifs is 1. The number of halogens is 1. The van der Waals surface area contributed by atoms with Crippen molar-refractivity contribution in [2.45, 2.75) is 6.54 Å². The van der Waals surface area contributed by atoms with Crippen LogP contribution in [0.15, 0.2) is 66.7 Å². The van der Waals surface area contributed by atoms with Crippen LogP contribution in [0.3, 0.4) is 0 Å². The summed E-state index contributed by atoms with van der Waals surface area (Å²) in [5.74, 6) is 1.37. The largest absolute Gasteiger partial charge is 0.490 e. The second-order valence-corrected chi connectivity index (χ2v) is 9.85. The number of ether oxygens (including phenoxy) is 3. The van der Waals surface area contributed by atoms with Crippen LogP contribution in [-0.4, -0.2) is 40.5 Å². The molecular formula is C24H23ClN2O6S. The zero-order chi connectivity index (χ0) is 24.1. The predicted octanol–water partition coefficient (Wildman–Crippen LogP) is 3.84. The van der Waals surface area contributed by atoms with Gasteiger partial charge in [-0.05, 0) is 42.0 Å². The van der Waals surface area contributed by atoms with Crippen LogP contribution in [0.1, 0.15) is 15.9 Å². The first-order valence-corrected chi connectivity index (χ1v) is 12.7. The number of hydrogen-bond donors (Lipinski definition) is 1. The van der Waals surface area contributed by atoms with E-state index < -0.39 is 10.0 Å². The highest BCUT2D eigenvalue weighted by Gasteiger charge is 2.22. The van der Waals surface area contributed by atoms with Crippen molar-refractivity contribution in [1.29, 1.82) is 0 Å². The molecule has 0 spiro atoms. The molecular weight excluding hydrogens is 480 g/mol. The molecule has 0 aromatic heterocycles. The number of benzene rings is 3. The number of amides is 1. The minimum absolute atomic E-state index is 0.103. The summed E-state index contributed by atoms with van der Waals surface area (Å²) in [6.45, 7) is 0.781. The van der Waals surface area contributed by atoms with Gasteiger partial charge in [-0.15, -0.1) is 0 Å². The molecule has 0 radical (unpaired) electrons. The van der Waals surface area contributed by atoms with E-state index >= 15 is 0 Å². The van der Waals surface area contributed by atoms with Crippen molar-refractivity contribution in [2.24, 2.45) is 0 Å². The van der Waals surface area contributed by atoms with Crippen LogP contribution in [0.25, 0.3) is 0 Å². The van der Waals surface area contributed by atoms with E-state index in [1.54, 1.807) is 54.6 Å². The van der Waals surface area contributed by atoms with Gasteiger partial charge in [-0.2, -0.15) is 0 Å². The number of sulfonamides is 1. The normalized spacial score (nSPS) is 12.3. The summed E-state index contributed by atoms with van der Waals surface area (Å²) in [6, 6.07) is 18.8. The molecule has 178 valence electrons. The molecule has 1 aliphatic heterocycles. The summed E-state index contributed by atoms with van der Waals surface area (Å²) in [5, 5.41) is 3.29. The molecule has 3 aromatic rings. The maximum atomic E-state index is 12.5. The Morgan fingerprint density at radius 3 is 2.53 bits per heavy atom. The van der Waals surface area contributed by atoms with Gasteiger partial charge < -0.3 is 19.5 Å². The molecule has 0 fully saturated rings. The van der Waals surface area contributed by atoms with Crippen molar-refractivity contribution in [3.8, 4) is 17.2 Å². The number of para-hydroxylation sites is 1. The molecule has 0 saturated carbocycles. The fraction of sp³-hybridized carbons (Fsp3) is 0.208. The van der Waals surface area contributed by atoms with Gasteiger partial charge in [0.25, 0.3) is 5.91 Å². The monoisotopic (exact) mass is 502 g/mol. The predicted molar refractivity (Wildman–Crippen MR) is 129 cm³/mol. The summed E-state index contributed by atoms with van der Waals surface area (Å²) in [5.41, 5.74) is 1.64. The lowest BCUT2D eigenvalue weighted by molar-refractivity contribution is 0.0947. The lowest BCUT2D eigenvalue weighted by Gasteiger charge is -2.23. The van der Waals surface area contributed by atoms with Gasteiger partial charge in [0, 0.05) is 11.6 Å². The molecule has 0 atom stereocenters. The van der Waals surface area contributed by atoms with Gasteiger partial charge in [-0.1, -0.05) is 35.9 Å². The smallest absolute Gasteiger partial charge is 0.251 e. The summed E-state index contributed by atoms with van der Waals surface area (Å²) in [6.07, 6.45) is 1.14. The summed E-state index contributed by atoms with van der Waals surface area (Å²) in [7, 11) is -3.57. The van der Waals surface area contributed by atoms with Crippen LogP contribution in [0.5, 0.6) is 17.2 Å². The molecule has 0 unspecified atom stereocenters. The number of carbonyl (C=O) groups excluding carboxylic acids is 1. The van der Waals surface area contributed by atoms with Crippen LogP contribution in [0.2, 0.25) is 5.02 Å². The zero-order valence-corrected chi connectivity index (χ0v) is 19.9. The van der Waals surface area contributed by atoms with Gasteiger partial charge >= 0.3 is 0 Å². The van der Waals surface area contributed by atoms with E-state index in [-0.39, 0.29) is 25.9 Å². The molecule has 10 heteroatoms. The Balaban J connectivity index is 1.36. The topological polar surface area (TPSA) is 94.2 Å². The maximum Gasteiger partial charge on any atom is 0.251 e. The van der Waals surface area contributed by atoms with Gasteiger partial charge in [0.05, 0.1) is 30.1 Å². The van der Waals surface area contributed by atoms with Crippen LogP contribution < -0.4 is 23.8 Å². The third-order valence-corrected chi connectivity index (χ3v) is 6.52. The lowest BCUT2D eigenvalue weighted by Crippen LogP contribution is -2.29. The van der Waals surface area contributed by atoms with Crippen LogP contribution >= 0.6 is 11.6 Å². The van der Waals surface area contributed by atoms with Crippen LogP contribution in [0, 0.1) is 0 Å². The van der Waals surface area contributed by atoms with Crippen molar-refractivity contribution in [3.63, 3.8) is 0 Å². The van der Waals surface area contributed by atoms with Gasteiger partial charge in [0.2, 0.25) is 16.8 Å². The molecule has 34 heavy (non-hydrogen) atoms. The van der Waals surface area contributed by atoms with E-state index in [0.717, 1.165) is 11.8 Å². The highest BCUT2D eigenvalue weighted by atomic mass is 35.5. The average molecular weight is 503 g/mol. The Hall–Kier alpha value is -3.43. The Labute approximate surface area is 203 Å². The van der Waals surface area contributed by atoms with E-state index in [9.17, 15) is 13.2 Å². The van der Waals surface area contributed by atoms with E-state index in [0.29, 0.717) is 40.1 Å². The molecule has 3 aromatic carbocycles. The Morgan fingerprint density at radius 2 is 1.79 bits per heavy atom. The van der Waals surface area contributed by atoms with Crippen molar-refractivity contribution in [3.05, 3.63) is 82.9 Å². The van der Waals surface area contributed by atoms with E-state index in [4.69, 9.17) is 25.8 Å². The van der Waals surface area contributed by atoms with Crippen molar-refractivity contribution < 1.29 is 27.4 Å². The molecule has 1 amide bonds. The molecule has 1 N–H and O–H groups in total. The van der Waals surface area contributed by atoms with Crippen molar-refractivity contribution in [2.75, 3.05) is 30.5 Å². The second-order valence-electron chi connectivity index (χ2n) is 7.54. The third-order valence-electron chi connectivity index (χ3n) is 5.07. The molecule has 4 rings (SSSR count). The number of rotatable bonds is 9. The highest BCUT2D eigenvalue weighted by Crippen LogP contribution is 2.36. The number of hydrogen-bond acceptors (Lipinski definition) is 6. The van der Waals surface area contributed by atoms with Crippen molar-refractivity contribution in [1.82, 2.24) is 5.32 Å². The minimum atomic E-state index is -3.57. The molecule has 8 nitrogen and oxygen atoms in total. The maximum absolute atomic E-state index is 12.5. The minimum Gasteiger partial charge on any atom is -0.490 e. The molecule has 0 bridgehead atoms. The van der Waals surface area contributed by atoms with Crippen LogP contribution in [0.4, 0.5) is 5.69 Å². The van der Waals surface area contributed by atoms with Gasteiger partial charge in [0.15, 0.2) is 11.5 Å². The third kappa shape index (κ3) is 5.73. The van der Waals surface area contributed by atoms with Gasteiger partial charge in [0.1, 0.15) is 12.4 Å². The number of anilines is 1. The number of nitrogens with one attached hydrogen (secondary N) is 1. The molecule has 1 aliphatic rings. The standard InChI is InChI=1S/C24H23ClN2O6S/c1-34(29,30)27(19-10-11-22-23(14-19)33-16-32-22)15-17-6-8-18(9-7-17)24(28)26-12-13-31-21-5-3-2-4-20(21)25/h2-11,14H,12-13,15-16H2,1H3,(H,26,28). The van der Waals surface area contributed by atoms with Gasteiger partial charge in [-0.3, -0.25) is 9.10 Å². The second kappa shape index (κ2) is 10.2. The fourth-order valence-electron chi connectivity index (χ4n) is 3.36. The first-order chi connectivity index (χ1) is 16.3. The first-order valence-electron chi connectivity index (χ1n) is 10.4. The highest BCUT2D eigenvalue weighted by molar-refractivity contribution is 7.92. The van der Waals surface area contributed by atoms with E-state index in [2.05, 4.69) is 5.32 Å². The summed E-state index contributed by atoms with van der Waals surface area (Å²) >= 11 is 6.04. The number of carbonyl (C=O) groups is 1. The molecule has 1 heterocycles. The Morgan fingerprint density at radius 1 is 1.06 bits per heavy atom. The first kappa shape index (κ1) is 23.7. The average Bonchev–Trinajstić information content (AvgIpc) is 3.29.